The first-order valence-corrected chi connectivity index (χ1v) is 4.38. The molecule has 0 bridgehead atoms. The molecule has 68 valence electrons. The van der Waals surface area contributed by atoms with Crippen molar-refractivity contribution in [3.05, 3.63) is 30.5 Å². The zero-order chi connectivity index (χ0) is 9.10. The fourth-order valence-electron chi connectivity index (χ4n) is 1.36. The monoisotopic (exact) mass is 176 g/mol. The van der Waals surface area contributed by atoms with Crippen molar-refractivity contribution in [2.45, 2.75) is 12.8 Å². The zero-order valence-electron chi connectivity index (χ0n) is 7.35. The second-order valence-corrected chi connectivity index (χ2v) is 2.95. The highest BCUT2D eigenvalue weighted by Crippen LogP contribution is 2.06. The second kappa shape index (κ2) is 3.53. The van der Waals surface area contributed by atoms with Crippen LogP contribution in [0.15, 0.2) is 24.8 Å². The Balaban J connectivity index is 2.35. The van der Waals surface area contributed by atoms with Gasteiger partial charge in [0.2, 0.25) is 0 Å². The van der Waals surface area contributed by atoms with Crippen molar-refractivity contribution in [2.75, 3.05) is 6.54 Å². The summed E-state index contributed by atoms with van der Waals surface area (Å²) in [6.07, 6.45) is 9.30. The van der Waals surface area contributed by atoms with E-state index in [0.717, 1.165) is 25.0 Å². The molecule has 0 aromatic carbocycles. The summed E-state index contributed by atoms with van der Waals surface area (Å²) in [6.45, 7) is 0.721. The van der Waals surface area contributed by atoms with Gasteiger partial charge in [0, 0.05) is 24.3 Å². The third-order valence-electron chi connectivity index (χ3n) is 2.03. The van der Waals surface area contributed by atoms with Crippen LogP contribution in [0, 0.1) is 0 Å². The van der Waals surface area contributed by atoms with Gasteiger partial charge < -0.3 is 10.1 Å². The molecule has 2 heterocycles. The molecule has 2 aromatic heterocycles. The fraction of sp³-hybridized carbons (Fsp3) is 0.333. The van der Waals surface area contributed by atoms with Gasteiger partial charge in [0.1, 0.15) is 0 Å². The molecule has 0 fully saturated rings. The van der Waals surface area contributed by atoms with Crippen molar-refractivity contribution in [2.24, 2.45) is 5.73 Å². The zero-order valence-corrected chi connectivity index (χ0v) is 7.35. The predicted molar refractivity (Wildman–Crippen MR) is 50.4 cm³/mol. The molecule has 2 N–H and O–H groups in total. The van der Waals surface area contributed by atoms with E-state index in [2.05, 4.69) is 9.97 Å². The first kappa shape index (κ1) is 8.19. The predicted octanol–water partition coefficient (Wildman–Crippen LogP) is 0.621. The molecular formula is C9H12N4. The SMILES string of the molecule is NCCCc1cnc2cnccn12. The molecule has 0 aliphatic carbocycles. The minimum atomic E-state index is 0.721. The maximum absolute atomic E-state index is 5.45. The molecular weight excluding hydrogens is 164 g/mol. The molecule has 0 saturated heterocycles. The van der Waals surface area contributed by atoms with E-state index < -0.39 is 0 Å². The van der Waals surface area contributed by atoms with Crippen molar-refractivity contribution in [3.8, 4) is 0 Å². The molecule has 0 radical (unpaired) electrons. The van der Waals surface area contributed by atoms with Gasteiger partial charge in [-0.2, -0.15) is 0 Å². The van der Waals surface area contributed by atoms with Gasteiger partial charge in [-0.25, -0.2) is 4.98 Å². The number of aryl methyl sites for hydroxylation is 1. The molecule has 0 unspecified atom stereocenters. The molecule has 2 rings (SSSR count). The third kappa shape index (κ3) is 1.53. The van der Waals surface area contributed by atoms with E-state index in [9.17, 15) is 0 Å². The Morgan fingerprint density at radius 1 is 1.38 bits per heavy atom. The first-order valence-electron chi connectivity index (χ1n) is 4.38. The van der Waals surface area contributed by atoms with Crippen LogP contribution >= 0.6 is 0 Å². The smallest absolute Gasteiger partial charge is 0.155 e. The Kier molecular flexibility index (Phi) is 2.23. The Morgan fingerprint density at radius 2 is 2.31 bits per heavy atom. The van der Waals surface area contributed by atoms with Gasteiger partial charge in [0.25, 0.3) is 0 Å². The van der Waals surface area contributed by atoms with Gasteiger partial charge in [-0.1, -0.05) is 0 Å². The standard InChI is InChI=1S/C9H12N4/c10-3-1-2-8-6-12-9-7-11-4-5-13(8)9/h4-7H,1-3,10H2. The van der Waals surface area contributed by atoms with Gasteiger partial charge in [-0.15, -0.1) is 0 Å². The number of aromatic nitrogens is 3. The summed E-state index contributed by atoms with van der Waals surface area (Å²) in [5, 5.41) is 0. The Hall–Kier alpha value is -1.42. The lowest BCUT2D eigenvalue weighted by Gasteiger charge is -1.98. The summed E-state index contributed by atoms with van der Waals surface area (Å²) in [5.74, 6) is 0. The second-order valence-electron chi connectivity index (χ2n) is 2.95. The van der Waals surface area contributed by atoms with Crippen molar-refractivity contribution in [1.82, 2.24) is 14.4 Å². The maximum atomic E-state index is 5.45. The maximum Gasteiger partial charge on any atom is 0.155 e. The van der Waals surface area contributed by atoms with Gasteiger partial charge in [0.15, 0.2) is 5.65 Å². The van der Waals surface area contributed by atoms with E-state index in [0.29, 0.717) is 0 Å². The normalized spacial score (nSPS) is 10.8. The fourth-order valence-corrected chi connectivity index (χ4v) is 1.36. The molecule has 13 heavy (non-hydrogen) atoms. The lowest BCUT2D eigenvalue weighted by molar-refractivity contribution is 0.801. The number of fused-ring (bicyclic) bond motifs is 1. The van der Waals surface area contributed by atoms with Crippen LogP contribution in [0.3, 0.4) is 0 Å². The third-order valence-corrected chi connectivity index (χ3v) is 2.03. The van der Waals surface area contributed by atoms with Crippen LogP contribution in [0.1, 0.15) is 12.1 Å². The number of hydrogen-bond donors (Lipinski definition) is 1. The van der Waals surface area contributed by atoms with Crippen LogP contribution in [-0.2, 0) is 6.42 Å². The summed E-state index contributed by atoms with van der Waals surface area (Å²) >= 11 is 0. The highest BCUT2D eigenvalue weighted by atomic mass is 15.0. The number of rotatable bonds is 3. The summed E-state index contributed by atoms with van der Waals surface area (Å²) in [6, 6.07) is 0. The molecule has 4 nitrogen and oxygen atoms in total. The lowest BCUT2D eigenvalue weighted by Crippen LogP contribution is -2.02. The van der Waals surface area contributed by atoms with E-state index in [1.807, 2.05) is 16.8 Å². The summed E-state index contributed by atoms with van der Waals surface area (Å²) in [4.78, 5) is 8.23. The average Bonchev–Trinajstić information content (AvgIpc) is 2.58. The molecule has 0 spiro atoms. The number of imidazole rings is 1. The van der Waals surface area contributed by atoms with E-state index in [1.165, 1.54) is 5.69 Å². The Bertz CT molecular complexity index is 393. The molecule has 0 aliphatic rings. The van der Waals surface area contributed by atoms with Crippen molar-refractivity contribution < 1.29 is 0 Å². The summed E-state index contributed by atoms with van der Waals surface area (Å²) in [7, 11) is 0. The van der Waals surface area contributed by atoms with Crippen molar-refractivity contribution >= 4 is 5.65 Å². The van der Waals surface area contributed by atoms with Crippen LogP contribution < -0.4 is 5.73 Å². The van der Waals surface area contributed by atoms with E-state index in [1.54, 1.807) is 12.4 Å². The highest BCUT2D eigenvalue weighted by molar-refractivity contribution is 5.36. The van der Waals surface area contributed by atoms with E-state index >= 15 is 0 Å². The van der Waals surface area contributed by atoms with Gasteiger partial charge >= 0.3 is 0 Å². The largest absolute Gasteiger partial charge is 0.330 e. The van der Waals surface area contributed by atoms with Crippen LogP contribution in [0.25, 0.3) is 5.65 Å². The van der Waals surface area contributed by atoms with Crippen molar-refractivity contribution in [3.63, 3.8) is 0 Å². The molecule has 0 atom stereocenters. The van der Waals surface area contributed by atoms with Crippen molar-refractivity contribution in [1.29, 1.82) is 0 Å². The summed E-state index contributed by atoms with van der Waals surface area (Å²) in [5.41, 5.74) is 7.54. The van der Waals surface area contributed by atoms with Crippen LogP contribution in [0.5, 0.6) is 0 Å². The highest BCUT2D eigenvalue weighted by Gasteiger charge is 2.00. The average molecular weight is 176 g/mol. The quantitative estimate of drug-likeness (QED) is 0.745. The Morgan fingerprint density at radius 3 is 3.15 bits per heavy atom. The number of nitrogens with zero attached hydrogens (tertiary/aromatic N) is 3. The number of hydrogen-bond acceptors (Lipinski definition) is 3. The van der Waals surface area contributed by atoms with Gasteiger partial charge in [-0.3, -0.25) is 4.98 Å². The minimum Gasteiger partial charge on any atom is -0.330 e. The lowest BCUT2D eigenvalue weighted by atomic mass is 10.2. The van der Waals surface area contributed by atoms with E-state index in [4.69, 9.17) is 5.73 Å². The van der Waals surface area contributed by atoms with Crippen LogP contribution in [0.4, 0.5) is 0 Å². The van der Waals surface area contributed by atoms with E-state index in [-0.39, 0.29) is 0 Å². The molecule has 2 aromatic rings. The number of nitrogens with two attached hydrogens (primary N) is 1. The molecule has 0 saturated carbocycles. The first-order chi connectivity index (χ1) is 6.42. The van der Waals surface area contributed by atoms with Gasteiger partial charge in [-0.05, 0) is 19.4 Å². The van der Waals surface area contributed by atoms with Crippen LogP contribution in [0.2, 0.25) is 0 Å². The summed E-state index contributed by atoms with van der Waals surface area (Å²) < 4.78 is 2.04. The molecule has 0 aliphatic heterocycles. The Labute approximate surface area is 76.4 Å². The topological polar surface area (TPSA) is 56.2 Å². The molecule has 4 heteroatoms. The van der Waals surface area contributed by atoms with Gasteiger partial charge in [0.05, 0.1) is 6.20 Å². The van der Waals surface area contributed by atoms with Crippen LogP contribution in [-0.4, -0.2) is 20.9 Å². The minimum absolute atomic E-state index is 0.721. The molecule has 0 amide bonds.